The molecule has 0 saturated carbocycles. The van der Waals surface area contributed by atoms with Crippen LogP contribution in [0.15, 0.2) is 35.2 Å². The third kappa shape index (κ3) is 19.7. The van der Waals surface area contributed by atoms with Crippen LogP contribution in [-0.2, 0) is 23.0 Å². The highest BCUT2D eigenvalue weighted by molar-refractivity contribution is 7.86. The average Bonchev–Trinajstić information content (AvgIpc) is 3.07. The molecule has 0 fully saturated rings. The van der Waals surface area contributed by atoms with Gasteiger partial charge in [0.15, 0.2) is 0 Å². The molecule has 3 nitrogen and oxygen atoms in total. The Kier molecular flexibility index (Phi) is 25.2. The lowest BCUT2D eigenvalue weighted by Gasteiger charge is -2.15. The second-order valence-corrected chi connectivity index (χ2v) is 16.3. The zero-order valence-corrected chi connectivity index (χ0v) is 32.5. The normalized spacial score (nSPS) is 12.0. The largest absolute Gasteiger partial charge is 0.295 e. The molecule has 0 aromatic heterocycles. The van der Waals surface area contributed by atoms with Crippen LogP contribution in [0.3, 0.4) is 0 Å². The molecule has 0 amide bonds. The van der Waals surface area contributed by atoms with Gasteiger partial charge in [0, 0.05) is 5.39 Å². The number of aryl methyl sites for hydroxylation is 2. The first-order valence-corrected chi connectivity index (χ1v) is 22.4. The third-order valence-corrected chi connectivity index (χ3v) is 11.5. The van der Waals surface area contributed by atoms with Crippen molar-refractivity contribution in [2.45, 2.75) is 224 Å². The van der Waals surface area contributed by atoms with Crippen molar-refractivity contribution in [2.24, 2.45) is 0 Å². The maximum atomic E-state index is 12.7. The smallest absolute Gasteiger partial charge is 0.282 e. The van der Waals surface area contributed by atoms with Crippen LogP contribution in [0.25, 0.3) is 10.8 Å². The molecule has 0 spiro atoms. The number of unbranched alkanes of at least 4 members (excludes halogenated alkanes) is 28. The summed E-state index contributed by atoms with van der Waals surface area (Å²) in [7, 11) is -4.31. The van der Waals surface area contributed by atoms with Crippen LogP contribution in [0.5, 0.6) is 0 Å². The van der Waals surface area contributed by atoms with Gasteiger partial charge < -0.3 is 0 Å². The summed E-state index contributed by atoms with van der Waals surface area (Å²) < 4.78 is 35.9. The summed E-state index contributed by atoms with van der Waals surface area (Å²) in [5.74, 6) is 0. The second-order valence-electron chi connectivity index (χ2n) is 14.9. The predicted octanol–water partition coefficient (Wildman–Crippen LogP) is 14.9. The minimum absolute atomic E-state index is 0.168. The van der Waals surface area contributed by atoms with E-state index < -0.39 is 10.1 Å². The van der Waals surface area contributed by atoms with Crippen LogP contribution >= 0.6 is 0 Å². The number of fused-ring (bicyclic) bond motifs is 1. The average molecular weight is 685 g/mol. The van der Waals surface area contributed by atoms with Crippen molar-refractivity contribution >= 4 is 20.9 Å². The van der Waals surface area contributed by atoms with E-state index in [9.17, 15) is 13.0 Å². The van der Waals surface area contributed by atoms with Crippen molar-refractivity contribution in [2.75, 3.05) is 0 Å². The van der Waals surface area contributed by atoms with Gasteiger partial charge in [0.25, 0.3) is 10.1 Å². The molecule has 0 atom stereocenters. The Bertz CT molecular complexity index is 1160. The Morgan fingerprint density at radius 1 is 0.417 bits per heavy atom. The van der Waals surface area contributed by atoms with Crippen LogP contribution in [0, 0.1) is 0 Å². The van der Waals surface area contributed by atoms with Gasteiger partial charge in [-0.3, -0.25) is 4.55 Å². The van der Waals surface area contributed by atoms with Crippen LogP contribution in [0.1, 0.15) is 218 Å². The predicted molar refractivity (Wildman–Crippen MR) is 211 cm³/mol. The van der Waals surface area contributed by atoms with E-state index in [1.807, 2.05) is 18.2 Å². The fourth-order valence-electron chi connectivity index (χ4n) is 7.54. The monoisotopic (exact) mass is 685 g/mol. The fraction of sp³-hybridized carbons (Fsp3) is 0.773. The van der Waals surface area contributed by atoms with Gasteiger partial charge in [-0.05, 0) is 42.2 Å². The molecule has 0 unspecified atom stereocenters. The number of benzene rings is 2. The van der Waals surface area contributed by atoms with Gasteiger partial charge in [-0.15, -0.1) is 0 Å². The zero-order valence-electron chi connectivity index (χ0n) is 31.7. The summed E-state index contributed by atoms with van der Waals surface area (Å²) in [5, 5.41) is 1.67. The second kappa shape index (κ2) is 28.3. The summed E-state index contributed by atoms with van der Waals surface area (Å²) in [6.45, 7) is 4.56. The number of rotatable bonds is 33. The van der Waals surface area contributed by atoms with Gasteiger partial charge in [-0.25, -0.2) is 0 Å². The topological polar surface area (TPSA) is 54.4 Å². The van der Waals surface area contributed by atoms with Gasteiger partial charge in [-0.1, -0.05) is 224 Å². The van der Waals surface area contributed by atoms with Crippen molar-refractivity contribution in [3.63, 3.8) is 0 Å². The number of hydrogen-bond donors (Lipinski definition) is 1. The molecule has 0 heterocycles. The van der Waals surface area contributed by atoms with Crippen LogP contribution in [0.2, 0.25) is 0 Å². The molecule has 2 aromatic carbocycles. The molecule has 0 aliphatic carbocycles. The summed E-state index contributed by atoms with van der Waals surface area (Å²) in [6, 6.07) is 10.1. The molecule has 0 aliphatic rings. The molecule has 0 aliphatic heterocycles. The minimum Gasteiger partial charge on any atom is -0.282 e. The molecule has 2 rings (SSSR count). The Labute approximate surface area is 298 Å². The van der Waals surface area contributed by atoms with Crippen molar-refractivity contribution in [3.8, 4) is 0 Å². The zero-order chi connectivity index (χ0) is 34.5. The molecule has 276 valence electrons. The van der Waals surface area contributed by atoms with Gasteiger partial charge in [-0.2, -0.15) is 8.42 Å². The van der Waals surface area contributed by atoms with Crippen LogP contribution in [-0.4, -0.2) is 13.0 Å². The maximum Gasteiger partial charge on any atom is 0.295 e. The van der Waals surface area contributed by atoms with Crippen molar-refractivity contribution in [1.29, 1.82) is 0 Å². The van der Waals surface area contributed by atoms with E-state index in [4.69, 9.17) is 0 Å². The van der Waals surface area contributed by atoms with E-state index in [0.717, 1.165) is 47.6 Å². The van der Waals surface area contributed by atoms with Gasteiger partial charge in [0.05, 0.1) is 0 Å². The Morgan fingerprint density at radius 2 is 0.750 bits per heavy atom. The van der Waals surface area contributed by atoms with Crippen molar-refractivity contribution in [3.05, 3.63) is 41.5 Å². The molecular weight excluding hydrogens is 609 g/mol. The molecule has 1 N–H and O–H groups in total. The van der Waals surface area contributed by atoms with Gasteiger partial charge in [0.1, 0.15) is 4.90 Å². The Balaban J connectivity index is 1.67. The summed E-state index contributed by atoms with van der Waals surface area (Å²) in [6.07, 6.45) is 41.3. The molecular formula is C44H76O3S. The lowest BCUT2D eigenvalue weighted by atomic mass is 9.95. The first kappa shape index (κ1) is 42.8. The van der Waals surface area contributed by atoms with E-state index in [-0.39, 0.29) is 4.90 Å². The fourth-order valence-corrected chi connectivity index (χ4v) is 8.54. The van der Waals surface area contributed by atoms with Gasteiger partial charge >= 0.3 is 0 Å². The molecule has 0 radical (unpaired) electrons. The number of hydrogen-bond acceptors (Lipinski definition) is 2. The lowest BCUT2D eigenvalue weighted by molar-refractivity contribution is 0.482. The maximum absolute atomic E-state index is 12.7. The highest BCUT2D eigenvalue weighted by Gasteiger charge is 2.21. The van der Waals surface area contributed by atoms with E-state index in [1.165, 1.54) is 173 Å². The summed E-state index contributed by atoms with van der Waals surface area (Å²) in [4.78, 5) is 0.168. The minimum atomic E-state index is -4.31. The Hall–Kier alpha value is -1.39. The van der Waals surface area contributed by atoms with Crippen LogP contribution < -0.4 is 0 Å². The quantitative estimate of drug-likeness (QED) is 0.0601. The highest BCUT2D eigenvalue weighted by atomic mass is 32.2. The van der Waals surface area contributed by atoms with E-state index in [2.05, 4.69) is 26.0 Å². The summed E-state index contributed by atoms with van der Waals surface area (Å²) in [5.41, 5.74) is 1.84. The molecule has 2 aromatic rings. The van der Waals surface area contributed by atoms with E-state index >= 15 is 0 Å². The molecule has 0 saturated heterocycles. The highest BCUT2D eigenvalue weighted by Crippen LogP contribution is 2.32. The summed E-state index contributed by atoms with van der Waals surface area (Å²) >= 11 is 0. The Morgan fingerprint density at radius 3 is 1.10 bits per heavy atom. The van der Waals surface area contributed by atoms with Gasteiger partial charge in [0.2, 0.25) is 0 Å². The van der Waals surface area contributed by atoms with E-state index in [1.54, 1.807) is 0 Å². The SMILES string of the molecule is CCCCCCCCCCCCCCCCCc1ccc2cccc(CCCCCCCCCCCCCCCCC)c2c1S(=O)(=O)O. The van der Waals surface area contributed by atoms with Crippen molar-refractivity contribution < 1.29 is 13.0 Å². The lowest BCUT2D eigenvalue weighted by Crippen LogP contribution is -2.06. The molecule has 48 heavy (non-hydrogen) atoms. The van der Waals surface area contributed by atoms with Crippen molar-refractivity contribution in [1.82, 2.24) is 0 Å². The van der Waals surface area contributed by atoms with E-state index in [0.29, 0.717) is 6.42 Å². The first-order chi connectivity index (χ1) is 23.5. The first-order valence-electron chi connectivity index (χ1n) is 21.0. The molecule has 0 bridgehead atoms. The standard InChI is InChI=1S/C44H76O3S/c1-3-5-7-9-11-13-15-17-19-21-23-25-27-29-31-34-40-36-33-37-41-38-39-42(44(43(40)41)48(45,46)47)35-32-30-28-26-24-22-20-18-16-14-12-10-8-6-4-2/h33,36-39H,3-32,34-35H2,1-2H3,(H,45,46,47). The van der Waals surface area contributed by atoms with Crippen LogP contribution in [0.4, 0.5) is 0 Å². The molecule has 4 heteroatoms. The third-order valence-electron chi connectivity index (χ3n) is 10.5.